The zero-order chi connectivity index (χ0) is 37.8. The maximum atomic E-state index is 13.5. The summed E-state index contributed by atoms with van der Waals surface area (Å²) in [6.45, 7) is 15.3. The van der Waals surface area contributed by atoms with Crippen molar-refractivity contribution in [2.75, 3.05) is 26.2 Å². The van der Waals surface area contributed by atoms with Gasteiger partial charge >= 0.3 is 12.1 Å². The highest BCUT2D eigenvalue weighted by molar-refractivity contribution is 5.70. The van der Waals surface area contributed by atoms with Gasteiger partial charge in [0.1, 0.15) is 11.7 Å². The van der Waals surface area contributed by atoms with Gasteiger partial charge in [0.05, 0.1) is 36.4 Å². The number of aliphatic hydroxyl groups excluding tert-OH is 2. The molecule has 0 spiro atoms. The third kappa shape index (κ3) is 14.2. The molecule has 2 fully saturated rings. The Bertz CT molecular complexity index is 1170. The molecule has 1 amide bonds. The molecule has 0 aromatic heterocycles. The number of hydrogen-bond donors (Lipinski definition) is 4. The first-order valence-corrected chi connectivity index (χ1v) is 19.4. The van der Waals surface area contributed by atoms with Crippen molar-refractivity contribution < 1.29 is 44.2 Å². The van der Waals surface area contributed by atoms with Crippen LogP contribution in [0.5, 0.6) is 0 Å². The molecule has 1 aliphatic carbocycles. The van der Waals surface area contributed by atoms with E-state index in [9.17, 15) is 30.0 Å². The molecule has 0 bridgehead atoms. The van der Waals surface area contributed by atoms with Gasteiger partial charge in [-0.25, -0.2) is 4.79 Å². The molecular formula is C40H68N2O9. The molecule has 0 radical (unpaired) electrons. The molecule has 11 nitrogen and oxygen atoms in total. The summed E-state index contributed by atoms with van der Waals surface area (Å²) in [6.07, 6.45) is 12.6. The molecule has 2 aliphatic heterocycles. The molecular weight excluding hydrogens is 652 g/mol. The number of piperazine rings is 1. The summed E-state index contributed by atoms with van der Waals surface area (Å²) in [4.78, 5) is 30.6. The molecule has 2 heterocycles. The van der Waals surface area contributed by atoms with Gasteiger partial charge in [-0.15, -0.1) is 0 Å². The van der Waals surface area contributed by atoms with E-state index < -0.39 is 47.7 Å². The Labute approximate surface area is 306 Å². The first-order chi connectivity index (χ1) is 24.0. The number of carbonyl (C=O) groups excluding carboxylic acids is 2. The molecule has 0 aromatic carbocycles. The Kier molecular flexibility index (Phi) is 17.1. The zero-order valence-corrected chi connectivity index (χ0v) is 32.3. The van der Waals surface area contributed by atoms with E-state index in [4.69, 9.17) is 14.2 Å². The van der Waals surface area contributed by atoms with Crippen LogP contribution in [0.25, 0.3) is 0 Å². The highest BCUT2D eigenvalue weighted by Crippen LogP contribution is 2.29. The number of carbonyl (C=O) groups is 2. The number of nitrogens with zero attached hydrogens (tertiary/aromatic N) is 2. The van der Waals surface area contributed by atoms with Crippen molar-refractivity contribution >= 4 is 12.1 Å². The van der Waals surface area contributed by atoms with Crippen LogP contribution in [0.3, 0.4) is 0 Å². The maximum Gasteiger partial charge on any atom is 0.410 e. The lowest BCUT2D eigenvalue weighted by atomic mass is 9.88. The third-order valence-electron chi connectivity index (χ3n) is 10.8. The molecule has 11 heteroatoms. The minimum atomic E-state index is -1.49. The van der Waals surface area contributed by atoms with Gasteiger partial charge in [0, 0.05) is 44.6 Å². The van der Waals surface area contributed by atoms with Gasteiger partial charge in [0.2, 0.25) is 0 Å². The zero-order valence-electron chi connectivity index (χ0n) is 32.3. The van der Waals surface area contributed by atoms with E-state index in [1.54, 1.807) is 49.1 Å². The number of ether oxygens (including phenoxy) is 3. The largest absolute Gasteiger partial charge is 0.457 e. The molecule has 1 saturated heterocycles. The summed E-state index contributed by atoms with van der Waals surface area (Å²) >= 11 is 0. The lowest BCUT2D eigenvalue weighted by molar-refractivity contribution is -0.151. The number of aliphatic hydroxyl groups is 4. The summed E-state index contributed by atoms with van der Waals surface area (Å²) in [6, 6.07) is 0.579. The number of allylic oxidation sites excluding steroid dienone is 2. The first-order valence-electron chi connectivity index (χ1n) is 19.4. The standard InChI is InChI=1S/C40H68N2O9/c1-8-34(44)31(5)49-30(4)27-39(6,47)20-13-14-28(2)37-29(3)17-18-35(40(7,48)21-19-33(43)26-36(45)51-37)50-38(46)42-24-22-41(23-25-42)32-15-11-9-10-12-16-32/h13-14,17-18,20,29-35,37,43-44,47-48H,8-12,15-16,19,21-27H2,1-7H3/b18-17+,20-13+,28-14+/t29-,30?,31?,33+,34-,35-,37+,39-,40+/m0/s1. The van der Waals surface area contributed by atoms with E-state index in [1.807, 2.05) is 34.6 Å². The maximum absolute atomic E-state index is 13.5. The normalized spacial score (nSPS) is 32.1. The Morgan fingerprint density at radius 2 is 1.76 bits per heavy atom. The van der Waals surface area contributed by atoms with Gasteiger partial charge in [-0.3, -0.25) is 9.69 Å². The fourth-order valence-corrected chi connectivity index (χ4v) is 7.52. The minimum absolute atomic E-state index is 0.114. The molecule has 292 valence electrons. The van der Waals surface area contributed by atoms with Gasteiger partial charge in [-0.2, -0.15) is 0 Å². The summed E-state index contributed by atoms with van der Waals surface area (Å²) in [5.41, 5.74) is -1.98. The van der Waals surface area contributed by atoms with Gasteiger partial charge in [-0.1, -0.05) is 63.8 Å². The predicted molar refractivity (Wildman–Crippen MR) is 198 cm³/mol. The lowest BCUT2D eigenvalue weighted by Gasteiger charge is -2.40. The van der Waals surface area contributed by atoms with Crippen LogP contribution in [0.15, 0.2) is 36.0 Å². The Morgan fingerprint density at radius 1 is 1.12 bits per heavy atom. The van der Waals surface area contributed by atoms with Gasteiger partial charge in [0.15, 0.2) is 6.10 Å². The van der Waals surface area contributed by atoms with Crippen molar-refractivity contribution in [1.29, 1.82) is 0 Å². The topological polar surface area (TPSA) is 149 Å². The van der Waals surface area contributed by atoms with Crippen molar-refractivity contribution in [1.82, 2.24) is 9.80 Å². The van der Waals surface area contributed by atoms with Crippen molar-refractivity contribution in [2.45, 2.75) is 173 Å². The Morgan fingerprint density at radius 3 is 2.39 bits per heavy atom. The van der Waals surface area contributed by atoms with E-state index in [1.165, 1.54) is 38.5 Å². The number of cyclic esters (lactones) is 1. The van der Waals surface area contributed by atoms with Crippen LogP contribution >= 0.6 is 0 Å². The van der Waals surface area contributed by atoms with E-state index >= 15 is 0 Å². The monoisotopic (exact) mass is 720 g/mol. The fourth-order valence-electron chi connectivity index (χ4n) is 7.52. The number of rotatable bonds is 11. The Hall–Kier alpha value is -2.28. The molecule has 4 N–H and O–H groups in total. The van der Waals surface area contributed by atoms with Gasteiger partial charge in [-0.05, 0) is 78.4 Å². The fraction of sp³-hybridized carbons (Fsp3) is 0.800. The molecule has 2 unspecified atom stereocenters. The van der Waals surface area contributed by atoms with Crippen LogP contribution in [0, 0.1) is 5.92 Å². The number of esters is 1. The smallest absolute Gasteiger partial charge is 0.410 e. The summed E-state index contributed by atoms with van der Waals surface area (Å²) in [7, 11) is 0. The second-order valence-electron chi connectivity index (χ2n) is 15.8. The minimum Gasteiger partial charge on any atom is -0.457 e. The average Bonchev–Trinajstić information content (AvgIpc) is 3.36. The molecule has 1 saturated carbocycles. The van der Waals surface area contributed by atoms with Crippen molar-refractivity contribution in [3.8, 4) is 0 Å². The SMILES string of the molecule is CC[C@H](O)C(C)OC(C)C[C@@](C)(O)/C=C/C=C(\C)[C@H]1OC(=O)C[C@H](O)CC[C@@](C)(O)[C@@H](OC(=O)N2CCN(C3CCCCCC3)CC2)/C=C/[C@@H]1C. The highest BCUT2D eigenvalue weighted by atomic mass is 16.6. The van der Waals surface area contributed by atoms with Crippen LogP contribution in [0.1, 0.15) is 119 Å². The van der Waals surface area contributed by atoms with Crippen molar-refractivity contribution in [3.63, 3.8) is 0 Å². The van der Waals surface area contributed by atoms with E-state index in [-0.39, 0.29) is 37.4 Å². The summed E-state index contributed by atoms with van der Waals surface area (Å²) in [5, 5.41) is 43.3. The van der Waals surface area contributed by atoms with E-state index in [0.717, 1.165) is 13.1 Å². The average molecular weight is 721 g/mol. The van der Waals surface area contributed by atoms with E-state index in [0.29, 0.717) is 37.5 Å². The van der Waals surface area contributed by atoms with Gasteiger partial charge in [0.25, 0.3) is 0 Å². The third-order valence-corrected chi connectivity index (χ3v) is 10.8. The van der Waals surface area contributed by atoms with Crippen molar-refractivity contribution in [2.24, 2.45) is 5.92 Å². The predicted octanol–water partition coefficient (Wildman–Crippen LogP) is 5.44. The number of amides is 1. The van der Waals surface area contributed by atoms with E-state index in [2.05, 4.69) is 4.90 Å². The molecule has 9 atom stereocenters. The summed E-state index contributed by atoms with van der Waals surface area (Å²) in [5.74, 6) is -0.937. The quantitative estimate of drug-likeness (QED) is 0.0941. The number of hydrogen-bond acceptors (Lipinski definition) is 10. The van der Waals surface area contributed by atoms with Gasteiger partial charge < -0.3 is 39.5 Å². The molecule has 51 heavy (non-hydrogen) atoms. The summed E-state index contributed by atoms with van der Waals surface area (Å²) < 4.78 is 17.8. The second kappa shape index (κ2) is 20.3. The second-order valence-corrected chi connectivity index (χ2v) is 15.8. The van der Waals surface area contributed by atoms with Crippen LogP contribution in [-0.2, 0) is 19.0 Å². The van der Waals surface area contributed by atoms with Crippen LogP contribution in [0.2, 0.25) is 0 Å². The van der Waals surface area contributed by atoms with Crippen molar-refractivity contribution in [3.05, 3.63) is 36.0 Å². The first kappa shape index (κ1) is 43.1. The lowest BCUT2D eigenvalue weighted by Crippen LogP contribution is -2.53. The van der Waals surface area contributed by atoms with Crippen LogP contribution < -0.4 is 0 Å². The molecule has 3 rings (SSSR count). The van der Waals surface area contributed by atoms with Crippen LogP contribution in [-0.4, -0.2) is 122 Å². The molecule has 3 aliphatic rings. The Balaban J connectivity index is 1.71. The molecule has 0 aromatic rings. The van der Waals surface area contributed by atoms with Crippen LogP contribution in [0.4, 0.5) is 4.79 Å². The highest BCUT2D eigenvalue weighted by Gasteiger charge is 2.37.